The maximum Gasteiger partial charge on any atom is 0.159 e. The maximum absolute atomic E-state index is 7.15. The Morgan fingerprint density at radius 3 is 1.94 bits per heavy atom. The summed E-state index contributed by atoms with van der Waals surface area (Å²) in [5.41, 5.74) is 27.2. The molecule has 5 aliphatic carbocycles. The van der Waals surface area contributed by atoms with Gasteiger partial charge in [0.05, 0.1) is 22.7 Å². The molecule has 0 saturated carbocycles. The van der Waals surface area contributed by atoms with Crippen molar-refractivity contribution >= 4 is 56.0 Å². The predicted octanol–water partition coefficient (Wildman–Crippen LogP) is 19.5. The van der Waals surface area contributed by atoms with Crippen LogP contribution in [0.1, 0.15) is 61.1 Å². The highest BCUT2D eigenvalue weighted by Crippen LogP contribution is 2.59. The molecule has 7 aliphatic rings. The second-order valence-electron chi connectivity index (χ2n) is 22.8. The van der Waals surface area contributed by atoms with Crippen LogP contribution in [0.25, 0.3) is 44.2 Å². The normalized spacial score (nSPS) is 19.1. The number of benzene rings is 9. The molecular weight excluding hydrogens is 933 g/mol. The molecule has 3 heteroatoms. The first-order valence-electron chi connectivity index (χ1n) is 27.2. The van der Waals surface area contributed by atoms with Crippen LogP contribution in [0.5, 0.6) is 11.5 Å². The molecule has 0 radical (unpaired) electrons. The number of anilines is 6. The van der Waals surface area contributed by atoms with Gasteiger partial charge in [-0.25, -0.2) is 0 Å². The Morgan fingerprint density at radius 2 is 1.05 bits per heavy atom. The van der Waals surface area contributed by atoms with E-state index in [2.05, 4.69) is 280 Å². The zero-order valence-electron chi connectivity index (χ0n) is 43.6. The molecule has 0 bridgehead atoms. The van der Waals surface area contributed by atoms with Crippen molar-refractivity contribution in [1.82, 2.24) is 0 Å². The van der Waals surface area contributed by atoms with Crippen LogP contribution in [-0.2, 0) is 10.8 Å². The van der Waals surface area contributed by atoms with Crippen molar-refractivity contribution in [3.63, 3.8) is 0 Å². The van der Waals surface area contributed by atoms with Crippen molar-refractivity contribution in [2.45, 2.75) is 38.5 Å². The summed E-state index contributed by atoms with van der Waals surface area (Å²) in [6, 6.07) is 72.0. The molecule has 0 N–H and O–H groups in total. The van der Waals surface area contributed by atoms with Gasteiger partial charge in [0.2, 0.25) is 0 Å². The summed E-state index contributed by atoms with van der Waals surface area (Å²) in [7, 11) is 0. The molecular formula is C74H54N2O. The zero-order valence-corrected chi connectivity index (χ0v) is 43.6. The van der Waals surface area contributed by atoms with Crippen molar-refractivity contribution in [3.8, 4) is 33.8 Å². The molecule has 16 rings (SSSR count). The van der Waals surface area contributed by atoms with E-state index in [-0.39, 0.29) is 16.7 Å². The Morgan fingerprint density at radius 1 is 0.403 bits per heavy atom. The van der Waals surface area contributed by atoms with E-state index in [4.69, 9.17) is 4.74 Å². The summed E-state index contributed by atoms with van der Waals surface area (Å²) in [4.78, 5) is 4.90. The first-order chi connectivity index (χ1) is 37.7. The van der Waals surface area contributed by atoms with Crippen LogP contribution in [0.4, 0.5) is 34.1 Å². The van der Waals surface area contributed by atoms with E-state index in [0.717, 1.165) is 56.1 Å². The molecule has 2 unspecified atom stereocenters. The number of fused-ring (bicyclic) bond motifs is 9. The third-order valence-corrected chi connectivity index (χ3v) is 18.1. The van der Waals surface area contributed by atoms with Crippen molar-refractivity contribution in [2.24, 2.45) is 11.8 Å². The second-order valence-corrected chi connectivity index (χ2v) is 22.8. The summed E-state index contributed by atoms with van der Waals surface area (Å²) in [6.45, 7) is 9.45. The van der Waals surface area contributed by atoms with Gasteiger partial charge in [-0.15, -0.1) is 0 Å². The Labute approximate surface area is 450 Å². The summed E-state index contributed by atoms with van der Waals surface area (Å²) in [5.74, 6) is 2.27. The van der Waals surface area contributed by atoms with Crippen LogP contribution in [0.2, 0.25) is 0 Å². The fraction of sp³-hybridized carbons (Fsp3) is 0.108. The lowest BCUT2D eigenvalue weighted by Gasteiger charge is -2.43. The summed E-state index contributed by atoms with van der Waals surface area (Å²) in [5, 5.41) is 2.24. The first kappa shape index (κ1) is 44.1. The topological polar surface area (TPSA) is 15.7 Å². The standard InChI is InChI=1S/C74H54N2O/c1-73(2)61-19-11-10-18-57(61)58-38-33-53(44-64(58)73)76-66-40-30-51(43-69(66)77-72-56-17-9-8-16-46(56)29-41-67(72)76)50-28-39-63-68(42-50)75(65-21-13-12-20-62(65)74(63,3)4)52-31-22-47(23-32-52)55-35-25-49-26-36-59-54(45-14-6-5-7-15-45)34-24-48-27-37-60(55)71(49)70(48)59/h5-44,70-71H,1-4H3. The molecule has 2 heterocycles. The molecule has 0 fully saturated rings. The van der Waals surface area contributed by atoms with Crippen LogP contribution in [0, 0.1) is 11.8 Å². The third-order valence-electron chi connectivity index (χ3n) is 18.1. The van der Waals surface area contributed by atoms with Crippen molar-refractivity contribution < 1.29 is 4.74 Å². The van der Waals surface area contributed by atoms with E-state index >= 15 is 0 Å². The number of rotatable bonds is 5. The van der Waals surface area contributed by atoms with Crippen LogP contribution < -0.4 is 14.5 Å². The van der Waals surface area contributed by atoms with Crippen molar-refractivity contribution in [2.75, 3.05) is 9.80 Å². The van der Waals surface area contributed by atoms with Crippen molar-refractivity contribution in [1.29, 1.82) is 0 Å². The number of hydrogen-bond donors (Lipinski definition) is 0. The van der Waals surface area contributed by atoms with E-state index in [0.29, 0.717) is 5.92 Å². The summed E-state index contributed by atoms with van der Waals surface area (Å²) >= 11 is 0. The molecule has 9 aromatic carbocycles. The highest BCUT2D eigenvalue weighted by molar-refractivity contribution is 6.01. The van der Waals surface area contributed by atoms with Crippen molar-refractivity contribution in [3.05, 3.63) is 298 Å². The van der Waals surface area contributed by atoms with Crippen LogP contribution in [0.15, 0.2) is 265 Å². The van der Waals surface area contributed by atoms with Gasteiger partial charge in [-0.1, -0.05) is 216 Å². The minimum atomic E-state index is -0.232. The third kappa shape index (κ3) is 6.38. The highest BCUT2D eigenvalue weighted by atomic mass is 16.5. The van der Waals surface area contributed by atoms with Gasteiger partial charge >= 0.3 is 0 Å². The van der Waals surface area contributed by atoms with Gasteiger partial charge in [-0.3, -0.25) is 0 Å². The zero-order chi connectivity index (χ0) is 51.3. The van der Waals surface area contributed by atoms with E-state index in [9.17, 15) is 0 Å². The average Bonchev–Trinajstić information content (AvgIpc) is 3.74. The Balaban J connectivity index is 0.782. The fourth-order valence-corrected chi connectivity index (χ4v) is 14.2. The number of allylic oxidation sites excluding steroid dienone is 14. The molecule has 2 atom stereocenters. The SMILES string of the molecule is CC1(C)c2ccccc2-c2ccc(N3c4ccc(-c5ccc6c(c5)N(c5ccc(C7=CC=C8C=CC9=C(c%10ccccc%10)C=CC%10=CC=C7C8C%109)cc5)c5ccccc5C6(C)C)cc4Oc4c3ccc3ccccc43)cc21. The van der Waals surface area contributed by atoms with Crippen LogP contribution in [0.3, 0.4) is 0 Å². The lowest BCUT2D eigenvalue weighted by Crippen LogP contribution is -2.30. The molecule has 0 saturated heterocycles. The smallest absolute Gasteiger partial charge is 0.159 e. The maximum atomic E-state index is 7.15. The summed E-state index contributed by atoms with van der Waals surface area (Å²) in [6.07, 6.45) is 18.8. The monoisotopic (exact) mass is 986 g/mol. The van der Waals surface area contributed by atoms with Gasteiger partial charge in [-0.05, 0) is 149 Å². The Kier molecular flexibility index (Phi) is 9.27. The van der Waals surface area contributed by atoms with Gasteiger partial charge in [0.1, 0.15) is 0 Å². The molecule has 0 aromatic heterocycles. The summed E-state index contributed by atoms with van der Waals surface area (Å²) < 4.78 is 7.15. The Bertz CT molecular complexity index is 4300. The largest absolute Gasteiger partial charge is 0.452 e. The van der Waals surface area contributed by atoms with Gasteiger partial charge in [-0.2, -0.15) is 0 Å². The van der Waals surface area contributed by atoms with Gasteiger partial charge in [0.25, 0.3) is 0 Å². The number of ether oxygens (including phenoxy) is 1. The molecule has 77 heavy (non-hydrogen) atoms. The minimum absolute atomic E-state index is 0.134. The van der Waals surface area contributed by atoms with E-state index in [1.165, 1.54) is 89.3 Å². The van der Waals surface area contributed by atoms with Gasteiger partial charge in [0.15, 0.2) is 11.5 Å². The molecule has 366 valence electrons. The fourth-order valence-electron chi connectivity index (χ4n) is 14.2. The molecule has 3 nitrogen and oxygen atoms in total. The Hall–Kier alpha value is -9.18. The van der Waals surface area contributed by atoms with Crippen LogP contribution >= 0.6 is 0 Å². The van der Waals surface area contributed by atoms with Gasteiger partial charge in [0, 0.05) is 39.4 Å². The van der Waals surface area contributed by atoms with E-state index in [1.807, 2.05) is 0 Å². The number of para-hydroxylation sites is 1. The molecule has 2 aliphatic heterocycles. The quantitative estimate of drug-likeness (QED) is 0.171. The number of nitrogens with zero attached hydrogens (tertiary/aromatic N) is 2. The van der Waals surface area contributed by atoms with Crippen LogP contribution in [-0.4, -0.2) is 0 Å². The van der Waals surface area contributed by atoms with E-state index in [1.54, 1.807) is 0 Å². The number of hydrogen-bond acceptors (Lipinski definition) is 3. The minimum Gasteiger partial charge on any atom is -0.452 e. The predicted molar refractivity (Wildman–Crippen MR) is 319 cm³/mol. The molecule has 0 spiro atoms. The first-order valence-corrected chi connectivity index (χ1v) is 27.2. The lowest BCUT2D eigenvalue weighted by atomic mass is 9.61. The van der Waals surface area contributed by atoms with Gasteiger partial charge < -0.3 is 14.5 Å². The highest BCUT2D eigenvalue weighted by Gasteiger charge is 2.42. The average molecular weight is 987 g/mol. The van der Waals surface area contributed by atoms with E-state index < -0.39 is 0 Å². The lowest BCUT2D eigenvalue weighted by molar-refractivity contribution is 0.483. The molecule has 9 aromatic rings. The second kappa shape index (κ2) is 16.2. The molecule has 0 amide bonds.